The van der Waals surface area contributed by atoms with Gasteiger partial charge in [-0.1, -0.05) is 43.9 Å². The molecule has 1 N–H and O–H groups in total. The number of amides is 1. The molecule has 11 nitrogen and oxygen atoms in total. The van der Waals surface area contributed by atoms with Gasteiger partial charge in [-0.2, -0.15) is 0 Å². The van der Waals surface area contributed by atoms with Crippen molar-refractivity contribution in [3.8, 4) is 5.75 Å². The number of nitrogens with one attached hydrogen (secondary N) is 1. The van der Waals surface area contributed by atoms with Crippen LogP contribution in [0, 0.1) is 10.1 Å². The lowest BCUT2D eigenvalue weighted by molar-refractivity contribution is -0.384. The number of benzene rings is 1. The number of non-ortho nitro benzene ring substituents is 1. The third-order valence-corrected chi connectivity index (χ3v) is 7.01. The van der Waals surface area contributed by atoms with Crippen molar-refractivity contribution >= 4 is 55.5 Å². The number of sulfonamides is 1. The predicted octanol–water partition coefficient (Wildman–Crippen LogP) is 3.14. The summed E-state index contributed by atoms with van der Waals surface area (Å²) < 4.78 is 32.0. The molecule has 14 heteroatoms. The second kappa shape index (κ2) is 10.2. The van der Waals surface area contributed by atoms with Crippen LogP contribution >= 0.6 is 23.1 Å². The molecule has 0 saturated carbocycles. The summed E-state index contributed by atoms with van der Waals surface area (Å²) in [6, 6.07) is 2.35. The normalized spacial score (nSPS) is 12.5. The smallest absolute Gasteiger partial charge is 0.271 e. The molecule has 0 aliphatic heterocycles. The molecule has 0 unspecified atom stereocenters. The predicted molar refractivity (Wildman–Crippen MR) is 121 cm³/mol. The zero-order valence-electron chi connectivity index (χ0n) is 17.6. The van der Waals surface area contributed by atoms with Gasteiger partial charge in [0, 0.05) is 17.4 Å². The molecule has 1 aromatic carbocycles. The molecule has 0 aliphatic rings. The number of hydrogen-bond acceptors (Lipinski definition) is 10. The maximum Gasteiger partial charge on any atom is 0.271 e. The van der Waals surface area contributed by atoms with Crippen LogP contribution < -0.4 is 14.4 Å². The Bertz CT molecular complexity index is 1060. The molecule has 2 aromatic rings. The van der Waals surface area contributed by atoms with Crippen molar-refractivity contribution in [2.75, 3.05) is 23.0 Å². The molecule has 2 rings (SSSR count). The number of aromatic nitrogens is 2. The Balaban J connectivity index is 2.45. The van der Waals surface area contributed by atoms with Gasteiger partial charge < -0.3 is 4.74 Å². The minimum absolute atomic E-state index is 0.0776. The molecule has 0 bridgehead atoms. The standard InChI is InChI=1S/C17H23N5O6S3/c1-6-12(15(23)18-16-19-20-17(30-16)29-10(2)3)21(31(5,26)27)13-9-11(22(24)25)7-8-14(13)28-4/h7-10,12H,6H2,1-5H3,(H,18,19,23)/t12-/m1/s1. The van der Waals surface area contributed by atoms with Crippen LogP contribution in [-0.2, 0) is 14.8 Å². The Labute approximate surface area is 188 Å². The van der Waals surface area contributed by atoms with Crippen molar-refractivity contribution in [2.45, 2.75) is 42.8 Å². The van der Waals surface area contributed by atoms with Gasteiger partial charge >= 0.3 is 0 Å². The van der Waals surface area contributed by atoms with Gasteiger partial charge in [0.05, 0.1) is 18.3 Å². The summed E-state index contributed by atoms with van der Waals surface area (Å²) >= 11 is 2.66. The van der Waals surface area contributed by atoms with E-state index in [2.05, 4.69) is 15.5 Å². The Kier molecular flexibility index (Phi) is 8.20. The Hall–Kier alpha value is -2.45. The number of nitro groups is 1. The van der Waals surface area contributed by atoms with Gasteiger partial charge in [0.1, 0.15) is 17.5 Å². The Morgan fingerprint density at radius 3 is 2.58 bits per heavy atom. The van der Waals surface area contributed by atoms with E-state index in [1.54, 1.807) is 6.92 Å². The summed E-state index contributed by atoms with van der Waals surface area (Å²) in [5, 5.41) is 22.2. The largest absolute Gasteiger partial charge is 0.495 e. The number of carbonyl (C=O) groups excluding carboxylic acids is 1. The lowest BCUT2D eigenvalue weighted by atomic mass is 10.1. The average Bonchev–Trinajstić information content (AvgIpc) is 3.10. The van der Waals surface area contributed by atoms with Gasteiger partial charge in [-0.05, 0) is 12.5 Å². The lowest BCUT2D eigenvalue weighted by Gasteiger charge is -2.30. The highest BCUT2D eigenvalue weighted by molar-refractivity contribution is 8.01. The summed E-state index contributed by atoms with van der Waals surface area (Å²) in [4.78, 5) is 23.6. The zero-order chi connectivity index (χ0) is 23.3. The topological polar surface area (TPSA) is 145 Å². The van der Waals surface area contributed by atoms with E-state index < -0.39 is 26.9 Å². The van der Waals surface area contributed by atoms with E-state index in [0.29, 0.717) is 4.34 Å². The van der Waals surface area contributed by atoms with E-state index in [9.17, 15) is 23.3 Å². The molecule has 1 atom stereocenters. The molecule has 170 valence electrons. The van der Waals surface area contributed by atoms with Gasteiger partial charge in [0.15, 0.2) is 4.34 Å². The highest BCUT2D eigenvalue weighted by atomic mass is 32.2. The fraction of sp³-hybridized carbons (Fsp3) is 0.471. The van der Waals surface area contributed by atoms with E-state index in [1.807, 2.05) is 13.8 Å². The number of rotatable bonds is 10. The van der Waals surface area contributed by atoms with E-state index >= 15 is 0 Å². The molecule has 1 amide bonds. The number of anilines is 2. The molecule has 0 radical (unpaired) electrons. The van der Waals surface area contributed by atoms with Crippen LogP contribution in [0.2, 0.25) is 0 Å². The number of nitro benzene ring substituents is 1. The van der Waals surface area contributed by atoms with Gasteiger partial charge in [-0.15, -0.1) is 10.2 Å². The maximum absolute atomic E-state index is 13.0. The Morgan fingerprint density at radius 1 is 1.39 bits per heavy atom. The number of hydrogen-bond donors (Lipinski definition) is 1. The summed E-state index contributed by atoms with van der Waals surface area (Å²) in [6.07, 6.45) is 1.01. The summed E-state index contributed by atoms with van der Waals surface area (Å²) in [5.41, 5.74) is -0.436. The van der Waals surface area contributed by atoms with Gasteiger partial charge in [-0.25, -0.2) is 8.42 Å². The lowest BCUT2D eigenvalue weighted by Crippen LogP contribution is -2.47. The number of methoxy groups -OCH3 is 1. The van der Waals surface area contributed by atoms with Gasteiger partial charge in [0.25, 0.3) is 5.69 Å². The van der Waals surface area contributed by atoms with Crippen LogP contribution in [0.25, 0.3) is 0 Å². The van der Waals surface area contributed by atoms with Crippen LogP contribution in [0.15, 0.2) is 22.5 Å². The van der Waals surface area contributed by atoms with E-state index in [0.717, 1.165) is 16.6 Å². The molecule has 1 heterocycles. The zero-order valence-corrected chi connectivity index (χ0v) is 20.0. The summed E-state index contributed by atoms with van der Waals surface area (Å²) in [7, 11) is -2.71. The SMILES string of the molecule is CC[C@H](C(=O)Nc1nnc(SC(C)C)s1)N(c1cc([N+](=O)[O-])ccc1OC)S(C)(=O)=O. The molecule has 1 aromatic heterocycles. The van der Waals surface area contributed by atoms with Crippen molar-refractivity contribution in [1.29, 1.82) is 0 Å². The van der Waals surface area contributed by atoms with Crippen LogP contribution in [0.5, 0.6) is 5.75 Å². The van der Waals surface area contributed by atoms with E-state index in [1.165, 1.54) is 42.3 Å². The van der Waals surface area contributed by atoms with Crippen LogP contribution in [-0.4, -0.2) is 54.1 Å². The second-order valence-corrected chi connectivity index (χ2v) is 11.3. The first-order chi connectivity index (χ1) is 14.5. The van der Waals surface area contributed by atoms with Gasteiger partial charge in [0.2, 0.25) is 21.1 Å². The highest BCUT2D eigenvalue weighted by Gasteiger charge is 2.35. The van der Waals surface area contributed by atoms with Crippen LogP contribution in [0.1, 0.15) is 27.2 Å². The molecule has 0 aliphatic carbocycles. The second-order valence-electron chi connectivity index (χ2n) is 6.63. The number of thioether (sulfide) groups is 1. The molecular weight excluding hydrogens is 466 g/mol. The molecular formula is C17H23N5O6S3. The first-order valence-electron chi connectivity index (χ1n) is 9.10. The highest BCUT2D eigenvalue weighted by Crippen LogP contribution is 2.36. The van der Waals surface area contributed by atoms with Crippen molar-refractivity contribution in [1.82, 2.24) is 10.2 Å². The third kappa shape index (κ3) is 6.27. The number of carbonyl (C=O) groups is 1. The molecule has 0 fully saturated rings. The Morgan fingerprint density at radius 2 is 2.06 bits per heavy atom. The first kappa shape index (κ1) is 24.8. The van der Waals surface area contributed by atoms with E-state index in [4.69, 9.17) is 4.74 Å². The fourth-order valence-electron chi connectivity index (χ4n) is 2.70. The van der Waals surface area contributed by atoms with Crippen LogP contribution in [0.4, 0.5) is 16.5 Å². The van der Waals surface area contributed by atoms with Crippen molar-refractivity contribution in [3.05, 3.63) is 28.3 Å². The average molecular weight is 490 g/mol. The quantitative estimate of drug-likeness (QED) is 0.230. The van der Waals surface area contributed by atoms with Crippen molar-refractivity contribution in [2.24, 2.45) is 0 Å². The van der Waals surface area contributed by atoms with E-state index in [-0.39, 0.29) is 33.9 Å². The third-order valence-electron chi connectivity index (χ3n) is 3.91. The summed E-state index contributed by atoms with van der Waals surface area (Å²) in [6.45, 7) is 5.62. The number of ether oxygens (including phenoxy) is 1. The minimum atomic E-state index is -4.02. The summed E-state index contributed by atoms with van der Waals surface area (Å²) in [5.74, 6) is -0.562. The maximum atomic E-state index is 13.0. The monoisotopic (exact) mass is 489 g/mol. The fourth-order valence-corrected chi connectivity index (χ4v) is 5.88. The minimum Gasteiger partial charge on any atom is -0.495 e. The number of nitrogens with zero attached hydrogens (tertiary/aromatic N) is 4. The van der Waals surface area contributed by atoms with Gasteiger partial charge in [-0.3, -0.25) is 24.5 Å². The van der Waals surface area contributed by atoms with Crippen molar-refractivity contribution in [3.63, 3.8) is 0 Å². The molecule has 0 saturated heterocycles. The molecule has 0 spiro atoms. The van der Waals surface area contributed by atoms with Crippen LogP contribution in [0.3, 0.4) is 0 Å². The molecule has 31 heavy (non-hydrogen) atoms. The van der Waals surface area contributed by atoms with Crippen molar-refractivity contribution < 1.29 is 22.9 Å². The first-order valence-corrected chi connectivity index (χ1v) is 12.6.